The van der Waals surface area contributed by atoms with Crippen molar-refractivity contribution >= 4 is 67.5 Å². The Morgan fingerprint density at radius 1 is 0.975 bits per heavy atom. The molecule has 2 heterocycles. The summed E-state index contributed by atoms with van der Waals surface area (Å²) in [5.41, 5.74) is 13.8. The molecule has 0 aliphatic rings. The first kappa shape index (κ1) is 33.8. The van der Waals surface area contributed by atoms with Crippen molar-refractivity contribution in [2.24, 2.45) is 5.92 Å². The van der Waals surface area contributed by atoms with E-state index in [2.05, 4.69) is 34.7 Å². The standard InChI is InChI=1S/C21H23N7O4.C2H2O4.ClH.Pt/c1-11(29)2-3-13(20(31)32)8-16(30)12-4-6-14(7-5-12)24-9-15-10-25-19-17(26-15)18(22)27-21(23)28-19;3-1(4)2(5)6;;/h4-7,10,13,24H,2-3,8-9H2,1H3,(H,31,32)(H4,22,23,25,27,28);(H,3,4)(H,5,6);1H;/q;;;+2/p-1. The Labute approximate surface area is 242 Å². The van der Waals surface area contributed by atoms with Gasteiger partial charge in [-0.3, -0.25) is 9.59 Å². The number of carbonyl (C=O) groups excluding carboxylic acids is 2. The fourth-order valence-corrected chi connectivity index (χ4v) is 3.07. The van der Waals surface area contributed by atoms with E-state index in [1.54, 1.807) is 49.2 Å². The molecule has 0 fully saturated rings. The number of rotatable bonds is 10. The van der Waals surface area contributed by atoms with E-state index >= 15 is 0 Å². The number of hydrogen-bond acceptors (Lipinski definition) is 12. The molecular formula is C23H25ClN7O8Pt+. The van der Waals surface area contributed by atoms with Crippen LogP contribution in [0, 0.1) is 5.92 Å². The van der Waals surface area contributed by atoms with E-state index in [-0.39, 0.29) is 42.6 Å². The first-order valence-corrected chi connectivity index (χ1v) is 13.9. The number of nitrogens with two attached hydrogens (primary N) is 2. The van der Waals surface area contributed by atoms with Gasteiger partial charge < -0.3 is 36.9 Å². The van der Waals surface area contributed by atoms with Crippen LogP contribution in [0.2, 0.25) is 0 Å². The van der Waals surface area contributed by atoms with Gasteiger partial charge in [-0.15, -0.1) is 0 Å². The Morgan fingerprint density at radius 3 is 2.10 bits per heavy atom. The zero-order valence-electron chi connectivity index (χ0n) is 20.8. The van der Waals surface area contributed by atoms with E-state index in [0.29, 0.717) is 29.0 Å². The van der Waals surface area contributed by atoms with Crippen LogP contribution >= 0.6 is 9.42 Å². The maximum absolute atomic E-state index is 12.5. The molecule has 0 bridgehead atoms. The second-order valence-electron chi connectivity index (χ2n) is 7.94. The maximum atomic E-state index is 12.5. The number of nitrogens with one attached hydrogen (secondary N) is 1. The van der Waals surface area contributed by atoms with E-state index in [4.69, 9.17) is 31.3 Å². The van der Waals surface area contributed by atoms with Gasteiger partial charge in [-0.25, -0.2) is 19.6 Å². The van der Waals surface area contributed by atoms with Crippen LogP contribution < -0.4 is 16.8 Å². The van der Waals surface area contributed by atoms with Crippen molar-refractivity contribution < 1.29 is 58.1 Å². The van der Waals surface area contributed by atoms with Crippen LogP contribution in [-0.4, -0.2) is 64.7 Å². The normalized spacial score (nSPS) is 10.7. The molecule has 3 rings (SSSR count). The topological polar surface area (TPSA) is 262 Å². The number of ketones is 2. The number of Topliss-reactive ketones (excluding diaryl/α,β-unsaturated/α-hetero) is 2. The molecule has 0 radical (unpaired) electrons. The average Bonchev–Trinajstić information content (AvgIpc) is 2.91. The zero-order valence-corrected chi connectivity index (χ0v) is 23.8. The van der Waals surface area contributed by atoms with Gasteiger partial charge in [-0.1, -0.05) is 0 Å². The van der Waals surface area contributed by atoms with Gasteiger partial charge in [0.25, 0.3) is 0 Å². The molecule has 1 aromatic carbocycles. The zero-order chi connectivity index (χ0) is 30.4. The van der Waals surface area contributed by atoms with Crippen LogP contribution in [0.1, 0.15) is 42.2 Å². The van der Waals surface area contributed by atoms with Crippen LogP contribution in [0.25, 0.3) is 11.2 Å². The summed E-state index contributed by atoms with van der Waals surface area (Å²) in [5.74, 6) is -5.83. The molecule has 2 aromatic heterocycles. The van der Waals surface area contributed by atoms with Crippen molar-refractivity contribution in [3.63, 3.8) is 0 Å². The summed E-state index contributed by atoms with van der Waals surface area (Å²) in [6.07, 6.45) is 1.67. The van der Waals surface area contributed by atoms with Gasteiger partial charge in [0.2, 0.25) is 5.95 Å². The fourth-order valence-electron chi connectivity index (χ4n) is 3.07. The van der Waals surface area contributed by atoms with Gasteiger partial charge in [0.1, 0.15) is 5.78 Å². The molecule has 1 unspecified atom stereocenters. The van der Waals surface area contributed by atoms with Crippen molar-refractivity contribution in [1.82, 2.24) is 19.9 Å². The quantitative estimate of drug-likeness (QED) is 0.127. The van der Waals surface area contributed by atoms with Crippen molar-refractivity contribution in [3.8, 4) is 0 Å². The summed E-state index contributed by atoms with van der Waals surface area (Å²) in [6, 6.07) is 6.67. The number of carboxylic acid groups (broad SMARTS) is 3. The van der Waals surface area contributed by atoms with Crippen molar-refractivity contribution in [3.05, 3.63) is 41.7 Å². The van der Waals surface area contributed by atoms with Crippen LogP contribution in [-0.2, 0) is 44.5 Å². The van der Waals surface area contributed by atoms with E-state index in [9.17, 15) is 19.5 Å². The third kappa shape index (κ3) is 11.3. The van der Waals surface area contributed by atoms with Crippen LogP contribution in [0.5, 0.6) is 0 Å². The molecule has 8 N–H and O–H groups in total. The van der Waals surface area contributed by atoms with Crippen LogP contribution in [0.4, 0.5) is 17.5 Å². The third-order valence-corrected chi connectivity index (χ3v) is 4.99. The van der Waals surface area contributed by atoms with Gasteiger partial charge in [-0.05, 0) is 37.6 Å². The van der Waals surface area contributed by atoms with Gasteiger partial charge in [0, 0.05) is 24.1 Å². The van der Waals surface area contributed by atoms with Crippen LogP contribution in [0.15, 0.2) is 30.5 Å². The van der Waals surface area contributed by atoms with Gasteiger partial charge in [0.15, 0.2) is 22.8 Å². The van der Waals surface area contributed by atoms with E-state index in [1.165, 1.54) is 6.92 Å². The molecule has 0 aliphatic carbocycles. The first-order valence-electron chi connectivity index (χ1n) is 11.1. The Hall–Kier alpha value is -4.23. The average molecular weight is 758 g/mol. The Balaban J connectivity index is 0.000000885. The summed E-state index contributed by atoms with van der Waals surface area (Å²) >= 11 is 1.61. The summed E-state index contributed by atoms with van der Waals surface area (Å²) < 4.78 is 0. The van der Waals surface area contributed by atoms with Crippen molar-refractivity contribution in [2.45, 2.75) is 32.7 Å². The number of aliphatic carboxylic acids is 3. The predicted octanol–water partition coefficient (Wildman–Crippen LogP) is 1.68. The predicted molar refractivity (Wildman–Crippen MR) is 139 cm³/mol. The minimum absolute atomic E-state index is 0.0262. The van der Waals surface area contributed by atoms with Crippen molar-refractivity contribution in [1.29, 1.82) is 0 Å². The molecule has 0 spiro atoms. The number of fused-ring (bicyclic) bond motifs is 1. The molecule has 40 heavy (non-hydrogen) atoms. The van der Waals surface area contributed by atoms with Gasteiger partial charge in [0.05, 0.1) is 24.4 Å². The molecule has 15 nitrogen and oxygen atoms in total. The Bertz CT molecular complexity index is 1360. The van der Waals surface area contributed by atoms with Crippen LogP contribution in [0.3, 0.4) is 0 Å². The molecule has 216 valence electrons. The molecule has 0 amide bonds. The van der Waals surface area contributed by atoms with Gasteiger partial charge in [-0.2, -0.15) is 9.97 Å². The number of benzene rings is 1. The summed E-state index contributed by atoms with van der Waals surface area (Å²) in [6.45, 7) is 1.74. The number of nitrogens with zero attached hydrogens (tertiary/aromatic N) is 4. The SMILES string of the molecule is CC(=O)CCC(CC(=O)c1ccc(NCc2cnc3nc(N)nc(N)c3n2)cc1)C(=O)O.O=C(O)C(=O)O.[Cl][Pt+]. The number of nitrogen functional groups attached to an aromatic ring is 2. The summed E-state index contributed by atoms with van der Waals surface area (Å²) in [5, 5.41) is 27.2. The molecule has 0 saturated heterocycles. The molecule has 0 saturated carbocycles. The molecular weight excluding hydrogens is 733 g/mol. The number of aromatic nitrogens is 4. The van der Waals surface area contributed by atoms with E-state index in [0.717, 1.165) is 5.69 Å². The molecule has 1 atom stereocenters. The number of carbonyl (C=O) groups is 5. The molecule has 0 aliphatic heterocycles. The van der Waals surface area contributed by atoms with E-state index < -0.39 is 23.8 Å². The minimum atomic E-state index is -1.82. The fraction of sp³-hybridized carbons (Fsp3) is 0.261. The number of halogens is 1. The third-order valence-electron chi connectivity index (χ3n) is 4.99. The number of anilines is 3. The summed E-state index contributed by atoms with van der Waals surface area (Å²) in [7, 11) is 4.61. The first-order chi connectivity index (χ1) is 18.9. The monoisotopic (exact) mass is 757 g/mol. The second-order valence-corrected chi connectivity index (χ2v) is 7.94. The van der Waals surface area contributed by atoms with Gasteiger partial charge >= 0.3 is 46.1 Å². The van der Waals surface area contributed by atoms with E-state index in [1.807, 2.05) is 0 Å². The summed E-state index contributed by atoms with van der Waals surface area (Å²) in [4.78, 5) is 69.6. The molecule has 3 aromatic rings. The Morgan fingerprint density at radius 2 is 1.57 bits per heavy atom. The second kappa shape index (κ2) is 16.7. The molecule has 17 heteroatoms. The van der Waals surface area contributed by atoms with Crippen molar-refractivity contribution in [2.75, 3.05) is 16.8 Å². The Kier molecular flexibility index (Phi) is 14.1. The number of hydrogen-bond donors (Lipinski definition) is 6. The number of carboxylic acids is 3.